The number of benzene rings is 2. The van der Waals surface area contributed by atoms with E-state index in [0.717, 1.165) is 68.4 Å². The number of aromatic hydroxyl groups is 2. The van der Waals surface area contributed by atoms with Gasteiger partial charge in [-0.25, -0.2) is 0 Å². The highest BCUT2D eigenvalue weighted by Gasteiger charge is 2.56. The van der Waals surface area contributed by atoms with Crippen molar-refractivity contribution in [2.45, 2.75) is 132 Å². The van der Waals surface area contributed by atoms with Crippen LogP contribution in [-0.4, -0.2) is 39.1 Å². The lowest BCUT2D eigenvalue weighted by Gasteiger charge is -2.45. The Labute approximate surface area is 267 Å². The SMILES string of the molecule is CCC1(c2ccc(O)cc2)CSc2cc(O)ccc2C1CCCCCCCCCC(CCCCCC(F)(F)C(F)(F)F)C(=O)O. The van der Waals surface area contributed by atoms with Crippen molar-refractivity contribution in [1.29, 1.82) is 0 Å². The predicted molar refractivity (Wildman–Crippen MR) is 168 cm³/mol. The minimum Gasteiger partial charge on any atom is -0.508 e. The van der Waals surface area contributed by atoms with Gasteiger partial charge in [0.25, 0.3) is 0 Å². The fourth-order valence-electron chi connectivity index (χ4n) is 6.67. The molecule has 1 heterocycles. The molecular weight excluding hydrogens is 611 g/mol. The van der Waals surface area contributed by atoms with Crippen molar-refractivity contribution in [1.82, 2.24) is 0 Å². The van der Waals surface area contributed by atoms with Crippen LogP contribution in [0.3, 0.4) is 0 Å². The van der Waals surface area contributed by atoms with Crippen LogP contribution < -0.4 is 0 Å². The summed E-state index contributed by atoms with van der Waals surface area (Å²) in [5.74, 6) is -4.52. The number of carboxylic acid groups (broad SMARTS) is 1. The second-order valence-electron chi connectivity index (χ2n) is 12.5. The van der Waals surface area contributed by atoms with Gasteiger partial charge < -0.3 is 15.3 Å². The van der Waals surface area contributed by atoms with Gasteiger partial charge in [-0.1, -0.05) is 82.9 Å². The largest absolute Gasteiger partial charge is 0.508 e. The molecule has 1 aliphatic rings. The van der Waals surface area contributed by atoms with Gasteiger partial charge in [0.1, 0.15) is 11.5 Å². The molecule has 10 heteroatoms. The summed E-state index contributed by atoms with van der Waals surface area (Å²) in [6.45, 7) is 2.22. The zero-order chi connectivity index (χ0) is 33.1. The molecule has 0 aromatic heterocycles. The molecule has 0 saturated carbocycles. The number of alkyl halides is 5. The number of carbonyl (C=O) groups is 1. The third-order valence-electron chi connectivity index (χ3n) is 9.45. The van der Waals surface area contributed by atoms with E-state index in [-0.39, 0.29) is 35.7 Å². The number of phenolic OH excluding ortho intramolecular Hbond substituents is 2. The van der Waals surface area contributed by atoms with Gasteiger partial charge in [-0.3, -0.25) is 4.79 Å². The lowest BCUT2D eigenvalue weighted by Crippen LogP contribution is -2.38. The topological polar surface area (TPSA) is 77.8 Å². The minimum atomic E-state index is -5.54. The van der Waals surface area contributed by atoms with Crippen LogP contribution in [0.4, 0.5) is 22.0 Å². The molecule has 0 radical (unpaired) electrons. The summed E-state index contributed by atoms with van der Waals surface area (Å²) in [4.78, 5) is 12.7. The highest BCUT2D eigenvalue weighted by molar-refractivity contribution is 7.99. The summed E-state index contributed by atoms with van der Waals surface area (Å²) in [6.07, 6.45) is 3.04. The number of unbranched alkanes of at least 4 members (excludes halogenated alkanes) is 8. The molecule has 3 rings (SSSR count). The van der Waals surface area contributed by atoms with Gasteiger partial charge in [0.2, 0.25) is 0 Å². The molecular formula is C35H47F5O4S. The third kappa shape index (κ3) is 10.2. The summed E-state index contributed by atoms with van der Waals surface area (Å²) < 4.78 is 62.9. The molecule has 3 unspecified atom stereocenters. The van der Waals surface area contributed by atoms with Crippen LogP contribution in [0, 0.1) is 5.92 Å². The second-order valence-corrected chi connectivity index (χ2v) is 13.5. The first kappa shape index (κ1) is 37.0. The fourth-order valence-corrected chi connectivity index (χ4v) is 8.24. The first-order chi connectivity index (χ1) is 21.3. The monoisotopic (exact) mass is 658 g/mol. The van der Waals surface area contributed by atoms with E-state index in [4.69, 9.17) is 0 Å². The van der Waals surface area contributed by atoms with Crippen molar-refractivity contribution in [2.24, 2.45) is 5.92 Å². The standard InChI is InChI=1S/C35H47F5O4S/c1-2-33(26-16-18-27(41)19-17-26)24-45-31-23-28(42)20-21-29(31)30(33)15-11-7-5-3-4-6-9-13-25(32(43)44)14-10-8-12-22-34(36,37)35(38,39)40/h16-21,23,25,30,41-42H,2-15,22,24H2,1H3,(H,43,44). The smallest absolute Gasteiger partial charge is 0.453 e. The Morgan fingerprint density at radius 2 is 1.40 bits per heavy atom. The van der Waals surface area contributed by atoms with Gasteiger partial charge in [-0.05, 0) is 73.4 Å². The molecule has 0 amide bonds. The number of phenols is 2. The van der Waals surface area contributed by atoms with Crippen LogP contribution in [0.25, 0.3) is 0 Å². The summed E-state index contributed by atoms with van der Waals surface area (Å²) in [5, 5.41) is 29.5. The molecule has 0 spiro atoms. The average Bonchev–Trinajstić information content (AvgIpc) is 2.98. The maximum atomic E-state index is 13.0. The van der Waals surface area contributed by atoms with Gasteiger partial charge in [-0.15, -0.1) is 11.8 Å². The molecule has 0 fully saturated rings. The Hall–Kier alpha value is -2.49. The van der Waals surface area contributed by atoms with Crippen molar-refractivity contribution in [3.63, 3.8) is 0 Å². The van der Waals surface area contributed by atoms with E-state index in [2.05, 4.69) is 13.0 Å². The van der Waals surface area contributed by atoms with Crippen LogP contribution in [0.1, 0.15) is 120 Å². The second kappa shape index (κ2) is 16.9. The van der Waals surface area contributed by atoms with Crippen molar-refractivity contribution in [3.05, 3.63) is 53.6 Å². The molecule has 45 heavy (non-hydrogen) atoms. The maximum absolute atomic E-state index is 13.0. The van der Waals surface area contributed by atoms with Crippen LogP contribution >= 0.6 is 11.8 Å². The van der Waals surface area contributed by atoms with Gasteiger partial charge in [-0.2, -0.15) is 22.0 Å². The van der Waals surface area contributed by atoms with Crippen LogP contribution in [0.2, 0.25) is 0 Å². The summed E-state index contributed by atoms with van der Waals surface area (Å²) >= 11 is 1.78. The van der Waals surface area contributed by atoms with E-state index < -0.39 is 30.4 Å². The van der Waals surface area contributed by atoms with Gasteiger partial charge in [0.15, 0.2) is 0 Å². The maximum Gasteiger partial charge on any atom is 0.453 e. The van der Waals surface area contributed by atoms with Crippen LogP contribution in [0.15, 0.2) is 47.4 Å². The van der Waals surface area contributed by atoms with Gasteiger partial charge in [0.05, 0.1) is 5.92 Å². The van der Waals surface area contributed by atoms with Crippen molar-refractivity contribution in [2.75, 3.05) is 5.75 Å². The van der Waals surface area contributed by atoms with Crippen LogP contribution in [-0.2, 0) is 10.2 Å². The number of halogens is 5. The van der Waals surface area contributed by atoms with E-state index in [1.807, 2.05) is 18.2 Å². The number of aliphatic carboxylic acids is 1. The van der Waals surface area contributed by atoms with E-state index in [1.165, 1.54) is 11.1 Å². The minimum absolute atomic E-state index is 0.0723. The summed E-state index contributed by atoms with van der Waals surface area (Å²) in [6, 6.07) is 13.3. The average molecular weight is 659 g/mol. The third-order valence-corrected chi connectivity index (χ3v) is 10.8. The Kier molecular flexibility index (Phi) is 13.9. The first-order valence-electron chi connectivity index (χ1n) is 16.2. The molecule has 2 aromatic carbocycles. The van der Waals surface area contributed by atoms with Gasteiger partial charge in [0, 0.05) is 22.5 Å². The molecule has 3 N–H and O–H groups in total. The summed E-state index contributed by atoms with van der Waals surface area (Å²) in [5.41, 5.74) is 2.42. The number of rotatable bonds is 19. The van der Waals surface area contributed by atoms with Gasteiger partial charge >= 0.3 is 18.1 Å². The molecule has 0 bridgehead atoms. The number of carboxylic acids is 1. The number of hydrogen-bond donors (Lipinski definition) is 3. The number of hydrogen-bond acceptors (Lipinski definition) is 4. The Morgan fingerprint density at radius 3 is 1.98 bits per heavy atom. The predicted octanol–water partition coefficient (Wildman–Crippen LogP) is 11.0. The van der Waals surface area contributed by atoms with E-state index in [9.17, 15) is 42.1 Å². The highest BCUT2D eigenvalue weighted by atomic mass is 32.2. The lowest BCUT2D eigenvalue weighted by atomic mass is 9.65. The van der Waals surface area contributed by atoms with Crippen molar-refractivity contribution < 1.29 is 42.1 Å². The Bertz CT molecular complexity index is 1200. The highest BCUT2D eigenvalue weighted by Crippen LogP contribution is 2.54. The molecule has 2 aromatic rings. The number of fused-ring (bicyclic) bond motifs is 1. The van der Waals surface area contributed by atoms with E-state index >= 15 is 0 Å². The molecule has 4 nitrogen and oxygen atoms in total. The Morgan fingerprint density at radius 1 is 0.844 bits per heavy atom. The molecule has 0 aliphatic carbocycles. The summed E-state index contributed by atoms with van der Waals surface area (Å²) in [7, 11) is 0. The lowest BCUT2D eigenvalue weighted by molar-refractivity contribution is -0.284. The Balaban J connectivity index is 1.39. The molecule has 3 atom stereocenters. The quantitative estimate of drug-likeness (QED) is 0.103. The van der Waals surface area contributed by atoms with E-state index in [1.54, 1.807) is 30.0 Å². The zero-order valence-corrected chi connectivity index (χ0v) is 26.9. The zero-order valence-electron chi connectivity index (χ0n) is 26.1. The van der Waals surface area contributed by atoms with Crippen molar-refractivity contribution in [3.8, 4) is 11.5 Å². The first-order valence-corrected chi connectivity index (χ1v) is 17.2. The molecule has 1 aliphatic heterocycles. The van der Waals surface area contributed by atoms with Crippen LogP contribution in [0.5, 0.6) is 11.5 Å². The molecule has 252 valence electrons. The normalized spacial score (nSPS) is 19.3. The number of thioether (sulfide) groups is 1. The van der Waals surface area contributed by atoms with E-state index in [0.29, 0.717) is 19.3 Å². The molecule has 0 saturated heterocycles. The van der Waals surface area contributed by atoms with Crippen molar-refractivity contribution >= 4 is 17.7 Å². The fraction of sp³-hybridized carbons (Fsp3) is 0.629.